The van der Waals surface area contributed by atoms with E-state index in [0.29, 0.717) is 0 Å². The van der Waals surface area contributed by atoms with Crippen molar-refractivity contribution in [2.24, 2.45) is 0 Å². The molecule has 1 fully saturated rings. The first-order valence-electron chi connectivity index (χ1n) is 6.16. The first-order chi connectivity index (χ1) is 8.33. The average molecular weight is 224 g/mol. The van der Waals surface area contributed by atoms with Gasteiger partial charge in [0.2, 0.25) is 0 Å². The Kier molecular flexibility index (Phi) is 2.60. The molecule has 0 aromatic heterocycles. The lowest BCUT2D eigenvalue weighted by molar-refractivity contribution is 0.476. The maximum Gasteiger partial charge on any atom is 0.130 e. The highest BCUT2D eigenvalue weighted by Gasteiger charge is 2.26. The minimum Gasteiger partial charge on any atom is -0.457 e. The Morgan fingerprint density at radius 2 is 1.82 bits per heavy atom. The van der Waals surface area contributed by atoms with Crippen molar-refractivity contribution >= 4 is 0 Å². The molecule has 17 heavy (non-hydrogen) atoms. The SMILES string of the molecule is Cc1cccc(Oc2ccccc2C2CC2)c1. The third-order valence-electron chi connectivity index (χ3n) is 3.15. The van der Waals surface area contributed by atoms with Gasteiger partial charge in [-0.3, -0.25) is 0 Å². The number of para-hydroxylation sites is 1. The molecule has 1 saturated carbocycles. The molecule has 0 heterocycles. The molecule has 0 saturated heterocycles. The summed E-state index contributed by atoms with van der Waals surface area (Å²) >= 11 is 0. The lowest BCUT2D eigenvalue weighted by Crippen LogP contribution is -1.90. The largest absolute Gasteiger partial charge is 0.457 e. The highest BCUT2D eigenvalue weighted by atomic mass is 16.5. The van der Waals surface area contributed by atoms with Gasteiger partial charge < -0.3 is 4.74 Å². The van der Waals surface area contributed by atoms with Gasteiger partial charge >= 0.3 is 0 Å². The van der Waals surface area contributed by atoms with E-state index >= 15 is 0 Å². The topological polar surface area (TPSA) is 9.23 Å². The quantitative estimate of drug-likeness (QED) is 0.736. The molecule has 0 radical (unpaired) electrons. The van der Waals surface area contributed by atoms with Crippen LogP contribution in [0.3, 0.4) is 0 Å². The number of hydrogen-bond acceptors (Lipinski definition) is 1. The van der Waals surface area contributed by atoms with Crippen molar-refractivity contribution in [3.05, 3.63) is 59.7 Å². The van der Waals surface area contributed by atoms with Crippen LogP contribution < -0.4 is 4.74 Å². The maximum atomic E-state index is 5.99. The van der Waals surface area contributed by atoms with E-state index in [4.69, 9.17) is 4.74 Å². The molecule has 2 aromatic carbocycles. The number of hydrogen-bond donors (Lipinski definition) is 0. The third kappa shape index (κ3) is 2.33. The highest BCUT2D eigenvalue weighted by Crippen LogP contribution is 2.45. The third-order valence-corrected chi connectivity index (χ3v) is 3.15. The van der Waals surface area contributed by atoms with E-state index in [-0.39, 0.29) is 0 Å². The number of rotatable bonds is 3. The maximum absolute atomic E-state index is 5.99. The van der Waals surface area contributed by atoms with E-state index in [2.05, 4.69) is 37.3 Å². The second kappa shape index (κ2) is 4.25. The van der Waals surface area contributed by atoms with E-state index in [1.807, 2.05) is 18.2 Å². The Morgan fingerprint density at radius 3 is 2.59 bits per heavy atom. The monoisotopic (exact) mass is 224 g/mol. The van der Waals surface area contributed by atoms with Crippen molar-refractivity contribution in [3.63, 3.8) is 0 Å². The summed E-state index contributed by atoms with van der Waals surface area (Å²) in [5, 5.41) is 0. The zero-order valence-corrected chi connectivity index (χ0v) is 10.0. The predicted octanol–water partition coefficient (Wildman–Crippen LogP) is 4.66. The van der Waals surface area contributed by atoms with Gasteiger partial charge in [-0.15, -0.1) is 0 Å². The molecule has 1 aliphatic carbocycles. The van der Waals surface area contributed by atoms with Gasteiger partial charge in [0, 0.05) is 0 Å². The Morgan fingerprint density at radius 1 is 1.00 bits per heavy atom. The zero-order chi connectivity index (χ0) is 11.7. The van der Waals surface area contributed by atoms with Crippen molar-refractivity contribution in [1.29, 1.82) is 0 Å². The van der Waals surface area contributed by atoms with E-state index in [1.165, 1.54) is 24.0 Å². The summed E-state index contributed by atoms with van der Waals surface area (Å²) in [5.41, 5.74) is 2.58. The summed E-state index contributed by atoms with van der Waals surface area (Å²) in [6, 6.07) is 16.6. The second-order valence-electron chi connectivity index (χ2n) is 4.73. The Hall–Kier alpha value is -1.76. The van der Waals surface area contributed by atoms with Crippen LogP contribution in [-0.2, 0) is 0 Å². The molecular weight excluding hydrogens is 208 g/mol. The summed E-state index contributed by atoms with van der Waals surface area (Å²) in [5.74, 6) is 2.66. The molecule has 1 nitrogen and oxygen atoms in total. The molecule has 3 rings (SSSR count). The summed E-state index contributed by atoms with van der Waals surface area (Å²) in [6.07, 6.45) is 2.60. The minimum atomic E-state index is 0.719. The normalized spacial score (nSPS) is 14.6. The first kappa shape index (κ1) is 10.4. The van der Waals surface area contributed by atoms with E-state index in [0.717, 1.165) is 17.4 Å². The molecule has 0 atom stereocenters. The van der Waals surface area contributed by atoms with Crippen LogP contribution in [0, 0.1) is 6.92 Å². The van der Waals surface area contributed by atoms with Gasteiger partial charge in [-0.05, 0) is 55.0 Å². The first-order valence-corrected chi connectivity index (χ1v) is 6.16. The van der Waals surface area contributed by atoms with Gasteiger partial charge in [0.15, 0.2) is 0 Å². The lowest BCUT2D eigenvalue weighted by Gasteiger charge is -2.10. The van der Waals surface area contributed by atoms with Gasteiger partial charge in [0.1, 0.15) is 11.5 Å². The number of ether oxygens (including phenoxy) is 1. The van der Waals surface area contributed by atoms with E-state index in [9.17, 15) is 0 Å². The van der Waals surface area contributed by atoms with Crippen molar-refractivity contribution in [2.45, 2.75) is 25.7 Å². The standard InChI is InChI=1S/C16H16O/c1-12-5-4-6-14(11-12)17-16-8-3-2-7-15(16)13-9-10-13/h2-8,11,13H,9-10H2,1H3. The molecule has 86 valence electrons. The molecule has 0 aliphatic heterocycles. The Bertz CT molecular complexity index is 527. The molecule has 0 bridgehead atoms. The van der Waals surface area contributed by atoms with Crippen LogP contribution in [0.4, 0.5) is 0 Å². The molecule has 2 aromatic rings. The predicted molar refractivity (Wildman–Crippen MR) is 69.7 cm³/mol. The molecule has 0 N–H and O–H groups in total. The van der Waals surface area contributed by atoms with Crippen molar-refractivity contribution in [1.82, 2.24) is 0 Å². The van der Waals surface area contributed by atoms with Crippen LogP contribution in [0.5, 0.6) is 11.5 Å². The molecule has 1 heteroatoms. The van der Waals surface area contributed by atoms with Gasteiger partial charge in [-0.1, -0.05) is 30.3 Å². The smallest absolute Gasteiger partial charge is 0.130 e. The molecule has 0 unspecified atom stereocenters. The van der Waals surface area contributed by atoms with E-state index < -0.39 is 0 Å². The summed E-state index contributed by atoms with van der Waals surface area (Å²) in [7, 11) is 0. The number of aryl methyl sites for hydroxylation is 1. The van der Waals surface area contributed by atoms with Crippen LogP contribution >= 0.6 is 0 Å². The van der Waals surface area contributed by atoms with E-state index in [1.54, 1.807) is 0 Å². The molecular formula is C16H16O. The molecule has 0 spiro atoms. The van der Waals surface area contributed by atoms with Crippen LogP contribution in [0.1, 0.15) is 29.9 Å². The zero-order valence-electron chi connectivity index (χ0n) is 10.0. The van der Waals surface area contributed by atoms with Crippen LogP contribution in [0.2, 0.25) is 0 Å². The van der Waals surface area contributed by atoms with Gasteiger partial charge in [-0.25, -0.2) is 0 Å². The fourth-order valence-corrected chi connectivity index (χ4v) is 2.11. The molecule has 1 aliphatic rings. The summed E-state index contributed by atoms with van der Waals surface area (Å²) < 4.78 is 5.99. The van der Waals surface area contributed by atoms with Crippen LogP contribution in [-0.4, -0.2) is 0 Å². The minimum absolute atomic E-state index is 0.719. The fourth-order valence-electron chi connectivity index (χ4n) is 2.11. The van der Waals surface area contributed by atoms with Crippen molar-refractivity contribution in [3.8, 4) is 11.5 Å². The Balaban J connectivity index is 1.89. The van der Waals surface area contributed by atoms with Gasteiger partial charge in [-0.2, -0.15) is 0 Å². The summed E-state index contributed by atoms with van der Waals surface area (Å²) in [6.45, 7) is 2.08. The van der Waals surface area contributed by atoms with Crippen molar-refractivity contribution < 1.29 is 4.74 Å². The van der Waals surface area contributed by atoms with Crippen LogP contribution in [0.15, 0.2) is 48.5 Å². The second-order valence-corrected chi connectivity index (χ2v) is 4.73. The van der Waals surface area contributed by atoms with Crippen LogP contribution in [0.25, 0.3) is 0 Å². The molecule has 0 amide bonds. The average Bonchev–Trinajstić information content (AvgIpc) is 3.14. The van der Waals surface area contributed by atoms with Gasteiger partial charge in [0.05, 0.1) is 0 Å². The fraction of sp³-hybridized carbons (Fsp3) is 0.250. The van der Waals surface area contributed by atoms with Gasteiger partial charge in [0.25, 0.3) is 0 Å². The summed E-state index contributed by atoms with van der Waals surface area (Å²) in [4.78, 5) is 0. The lowest BCUT2D eigenvalue weighted by atomic mass is 10.1. The van der Waals surface area contributed by atoms with Crippen molar-refractivity contribution in [2.75, 3.05) is 0 Å². The highest BCUT2D eigenvalue weighted by molar-refractivity contribution is 5.42. The Labute approximate surface area is 102 Å². The number of benzene rings is 2.